The highest BCUT2D eigenvalue weighted by molar-refractivity contribution is 6.05. The largest absolute Gasteiger partial charge is 0.379 e. The Labute approximate surface area is 207 Å². The topological polar surface area (TPSA) is 130 Å². The molecule has 0 radical (unpaired) electrons. The van der Waals surface area contributed by atoms with Gasteiger partial charge in [-0.15, -0.1) is 5.10 Å². The highest BCUT2D eigenvalue weighted by Crippen LogP contribution is 2.31. The van der Waals surface area contributed by atoms with Crippen molar-refractivity contribution < 1.29 is 23.9 Å². The van der Waals surface area contributed by atoms with Crippen molar-refractivity contribution in [3.8, 4) is 5.69 Å². The molecule has 1 N–H and O–H groups in total. The lowest BCUT2D eigenvalue weighted by molar-refractivity contribution is -0.136. The maximum atomic E-state index is 13.0. The van der Waals surface area contributed by atoms with Crippen molar-refractivity contribution in [2.45, 2.75) is 37.9 Å². The highest BCUT2D eigenvalue weighted by atomic mass is 16.5. The number of amides is 4. The van der Waals surface area contributed by atoms with Crippen LogP contribution in [0.25, 0.3) is 5.69 Å². The number of aromatic nitrogens is 3. The summed E-state index contributed by atoms with van der Waals surface area (Å²) in [7, 11) is 0. The quantitative estimate of drug-likeness (QED) is 0.569. The first-order valence-corrected chi connectivity index (χ1v) is 12.1. The van der Waals surface area contributed by atoms with Crippen molar-refractivity contribution in [3.05, 3.63) is 41.2 Å². The molecule has 0 spiro atoms. The fourth-order valence-electron chi connectivity index (χ4n) is 5.58. The number of carbonyl (C=O) groups excluding carboxylic acids is 4. The minimum absolute atomic E-state index is 0.0453. The van der Waals surface area contributed by atoms with Gasteiger partial charge in [0.05, 0.1) is 30.6 Å². The maximum absolute atomic E-state index is 13.0. The van der Waals surface area contributed by atoms with E-state index in [-0.39, 0.29) is 41.9 Å². The Balaban J connectivity index is 1.14. The predicted octanol–water partition coefficient (Wildman–Crippen LogP) is -0.425. The van der Waals surface area contributed by atoms with Crippen LogP contribution in [-0.2, 0) is 20.9 Å². The maximum Gasteiger partial charge on any atom is 0.276 e. The van der Waals surface area contributed by atoms with Crippen molar-refractivity contribution in [2.24, 2.45) is 0 Å². The Morgan fingerprint density at radius 2 is 1.94 bits per heavy atom. The molecule has 0 aliphatic carbocycles. The lowest BCUT2D eigenvalue weighted by Crippen LogP contribution is -2.71. The number of nitrogens with one attached hydrogen (secondary N) is 1. The number of piperidine rings is 1. The van der Waals surface area contributed by atoms with Crippen LogP contribution in [0.15, 0.2) is 24.4 Å². The van der Waals surface area contributed by atoms with E-state index < -0.39 is 11.9 Å². The molecule has 1 aromatic heterocycles. The minimum Gasteiger partial charge on any atom is -0.379 e. The Hall–Kier alpha value is -3.64. The molecule has 188 valence electrons. The fraction of sp³-hybridized carbons (Fsp3) is 0.500. The van der Waals surface area contributed by atoms with E-state index in [1.54, 1.807) is 23.2 Å². The lowest BCUT2D eigenvalue weighted by Gasteiger charge is -2.54. The van der Waals surface area contributed by atoms with Gasteiger partial charge in [-0.3, -0.25) is 29.4 Å². The van der Waals surface area contributed by atoms with E-state index in [0.717, 1.165) is 31.9 Å². The average molecular weight is 494 g/mol. The third-order valence-corrected chi connectivity index (χ3v) is 7.61. The number of fused-ring (bicyclic) bond motifs is 1. The number of ether oxygens (including phenoxy) is 1. The first-order valence-electron chi connectivity index (χ1n) is 12.1. The average Bonchev–Trinajstić information content (AvgIpc) is 3.47. The molecule has 6 rings (SSSR count). The standard InChI is InChI=1S/C24H27N7O5/c1-24(29-6-8-36-9-7-29)13-28(14-24)23(35)18-12-31(27-26-18)16-2-3-17-15(10-16)11-30(22(17)34)19-4-5-20(32)25-21(19)33/h2-3,10,12,19H,4-9,11,13-14H2,1H3,(H,25,32,33). The van der Waals surface area contributed by atoms with Gasteiger partial charge in [0.15, 0.2) is 5.69 Å². The van der Waals surface area contributed by atoms with Crippen LogP contribution in [0, 0.1) is 0 Å². The van der Waals surface area contributed by atoms with Gasteiger partial charge in [0.1, 0.15) is 6.04 Å². The molecular weight excluding hydrogens is 466 g/mol. The molecule has 5 heterocycles. The van der Waals surface area contributed by atoms with Gasteiger partial charge < -0.3 is 14.5 Å². The number of morpholine rings is 1. The summed E-state index contributed by atoms with van der Waals surface area (Å²) in [6, 6.07) is 4.60. The molecule has 12 nitrogen and oxygen atoms in total. The summed E-state index contributed by atoms with van der Waals surface area (Å²) in [6.07, 6.45) is 2.12. The van der Waals surface area contributed by atoms with Gasteiger partial charge in [-0.05, 0) is 37.1 Å². The van der Waals surface area contributed by atoms with E-state index >= 15 is 0 Å². The first-order chi connectivity index (χ1) is 17.3. The summed E-state index contributed by atoms with van der Waals surface area (Å²) < 4.78 is 6.96. The lowest BCUT2D eigenvalue weighted by atomic mass is 9.89. The summed E-state index contributed by atoms with van der Waals surface area (Å²) in [4.78, 5) is 55.3. The number of hydrogen-bond donors (Lipinski definition) is 1. The van der Waals surface area contributed by atoms with Crippen LogP contribution in [0.3, 0.4) is 0 Å². The summed E-state index contributed by atoms with van der Waals surface area (Å²) in [5.41, 5.74) is 2.16. The number of imide groups is 1. The number of carbonyl (C=O) groups is 4. The molecule has 36 heavy (non-hydrogen) atoms. The zero-order chi connectivity index (χ0) is 25.0. The van der Waals surface area contributed by atoms with Crippen LogP contribution in [0.2, 0.25) is 0 Å². The Kier molecular flexibility index (Phi) is 5.38. The third kappa shape index (κ3) is 3.77. The van der Waals surface area contributed by atoms with E-state index in [4.69, 9.17) is 4.74 Å². The second-order valence-electron chi connectivity index (χ2n) is 10.0. The number of likely N-dealkylation sites (tertiary alicyclic amines) is 1. The third-order valence-electron chi connectivity index (χ3n) is 7.61. The highest BCUT2D eigenvalue weighted by Gasteiger charge is 2.46. The molecule has 1 atom stereocenters. The second-order valence-corrected chi connectivity index (χ2v) is 10.0. The Bertz CT molecular complexity index is 1260. The monoisotopic (exact) mass is 493 g/mol. The van der Waals surface area contributed by atoms with Gasteiger partial charge in [-0.2, -0.15) is 0 Å². The van der Waals surface area contributed by atoms with Crippen LogP contribution in [0.5, 0.6) is 0 Å². The molecule has 3 saturated heterocycles. The number of benzene rings is 1. The van der Waals surface area contributed by atoms with Crippen LogP contribution < -0.4 is 5.32 Å². The van der Waals surface area contributed by atoms with Gasteiger partial charge in [0, 0.05) is 44.7 Å². The van der Waals surface area contributed by atoms with Crippen molar-refractivity contribution in [3.63, 3.8) is 0 Å². The zero-order valence-electron chi connectivity index (χ0n) is 20.0. The molecule has 4 aliphatic rings. The summed E-state index contributed by atoms with van der Waals surface area (Å²) >= 11 is 0. The van der Waals surface area contributed by atoms with E-state index in [2.05, 4.69) is 27.5 Å². The molecular formula is C24H27N7O5. The summed E-state index contributed by atoms with van der Waals surface area (Å²) in [6.45, 7) is 6.88. The van der Waals surface area contributed by atoms with E-state index in [1.165, 1.54) is 9.58 Å². The molecule has 1 unspecified atom stereocenters. The molecule has 3 fully saturated rings. The molecule has 2 aromatic rings. The van der Waals surface area contributed by atoms with E-state index in [9.17, 15) is 19.2 Å². The van der Waals surface area contributed by atoms with Gasteiger partial charge in [-0.25, -0.2) is 4.68 Å². The van der Waals surface area contributed by atoms with Crippen molar-refractivity contribution in [2.75, 3.05) is 39.4 Å². The number of rotatable bonds is 4. The Morgan fingerprint density at radius 1 is 1.17 bits per heavy atom. The van der Waals surface area contributed by atoms with Crippen LogP contribution >= 0.6 is 0 Å². The van der Waals surface area contributed by atoms with Crippen LogP contribution in [0.4, 0.5) is 0 Å². The van der Waals surface area contributed by atoms with Crippen molar-refractivity contribution >= 4 is 23.6 Å². The Morgan fingerprint density at radius 3 is 2.69 bits per heavy atom. The smallest absolute Gasteiger partial charge is 0.276 e. The summed E-state index contributed by atoms with van der Waals surface area (Å²) in [5.74, 6) is -1.15. The predicted molar refractivity (Wildman–Crippen MR) is 124 cm³/mol. The molecule has 0 saturated carbocycles. The number of nitrogens with zero attached hydrogens (tertiary/aromatic N) is 6. The SMILES string of the molecule is CC1(N2CCOCC2)CN(C(=O)c2cn(-c3ccc4c(c3)CN(C3CCC(=O)NC3=O)C4=O)nn2)C1. The van der Waals surface area contributed by atoms with E-state index in [1.807, 2.05) is 6.07 Å². The summed E-state index contributed by atoms with van der Waals surface area (Å²) in [5, 5.41) is 10.5. The van der Waals surface area contributed by atoms with Gasteiger partial charge >= 0.3 is 0 Å². The number of hydrogen-bond acceptors (Lipinski definition) is 8. The van der Waals surface area contributed by atoms with E-state index in [0.29, 0.717) is 30.8 Å². The van der Waals surface area contributed by atoms with Crippen LogP contribution in [-0.4, -0.2) is 104 Å². The van der Waals surface area contributed by atoms with Gasteiger partial charge in [0.2, 0.25) is 11.8 Å². The fourth-order valence-corrected chi connectivity index (χ4v) is 5.58. The van der Waals surface area contributed by atoms with Crippen molar-refractivity contribution in [1.29, 1.82) is 0 Å². The molecule has 4 aliphatic heterocycles. The van der Waals surface area contributed by atoms with Gasteiger partial charge in [0.25, 0.3) is 11.8 Å². The molecule has 0 bridgehead atoms. The molecule has 1 aromatic carbocycles. The molecule has 12 heteroatoms. The minimum atomic E-state index is -0.665. The normalized spacial score (nSPS) is 23.9. The van der Waals surface area contributed by atoms with Gasteiger partial charge in [-0.1, -0.05) is 5.21 Å². The second kappa shape index (κ2) is 8.49. The molecule has 4 amide bonds. The van der Waals surface area contributed by atoms with Crippen LogP contribution in [0.1, 0.15) is 46.2 Å². The first kappa shape index (κ1) is 22.8. The van der Waals surface area contributed by atoms with Crippen molar-refractivity contribution in [1.82, 2.24) is 35.0 Å². The zero-order valence-corrected chi connectivity index (χ0v) is 20.0.